The molecule has 0 amide bonds. The van der Waals surface area contributed by atoms with Gasteiger partial charge >= 0.3 is 0 Å². The number of para-hydroxylation sites is 1. The Bertz CT molecular complexity index is 488. The van der Waals surface area contributed by atoms with E-state index in [0.29, 0.717) is 31.7 Å². The van der Waals surface area contributed by atoms with Crippen LogP contribution in [0.15, 0.2) is 29.2 Å². The molecule has 5 nitrogen and oxygen atoms in total. The first-order valence-corrected chi connectivity index (χ1v) is 7.99. The van der Waals surface area contributed by atoms with E-state index < -0.39 is 10.0 Å². The number of benzene rings is 1. The summed E-state index contributed by atoms with van der Waals surface area (Å²) in [5, 5.41) is 8.91. The van der Waals surface area contributed by atoms with Gasteiger partial charge in [0.05, 0.1) is 5.69 Å². The molecule has 0 saturated heterocycles. The van der Waals surface area contributed by atoms with Crippen molar-refractivity contribution in [1.29, 1.82) is 0 Å². The van der Waals surface area contributed by atoms with Crippen LogP contribution >= 0.6 is 0 Å². The smallest absolute Gasteiger partial charge is 0.242 e. The molecule has 0 radical (unpaired) electrons. The van der Waals surface area contributed by atoms with Crippen molar-refractivity contribution in [2.75, 3.05) is 31.1 Å². The molecule has 0 bridgehead atoms. The standard InChI is InChI=1S/C13H22N2O3S/c1-3-14-19(17,18)13-9-6-5-8-12(13)15(4-2)10-7-11-16/h5-6,8-9,14,16H,3-4,7,10-11H2,1-2H3. The van der Waals surface area contributed by atoms with Crippen LogP contribution in [0.1, 0.15) is 20.3 Å². The summed E-state index contributed by atoms with van der Waals surface area (Å²) in [5.41, 5.74) is 0.680. The third-order valence-electron chi connectivity index (χ3n) is 2.80. The summed E-state index contributed by atoms with van der Waals surface area (Å²) in [4.78, 5) is 2.25. The summed E-state index contributed by atoms with van der Waals surface area (Å²) in [6.45, 7) is 5.50. The van der Waals surface area contributed by atoms with Gasteiger partial charge in [0.15, 0.2) is 0 Å². The Kier molecular flexibility index (Phi) is 6.27. The lowest BCUT2D eigenvalue weighted by Crippen LogP contribution is -2.29. The molecule has 6 heteroatoms. The molecule has 1 aromatic carbocycles. The maximum atomic E-state index is 12.2. The third kappa shape index (κ3) is 4.19. The molecule has 0 spiro atoms. The minimum atomic E-state index is -3.48. The fourth-order valence-corrected chi connectivity index (χ4v) is 3.19. The van der Waals surface area contributed by atoms with E-state index in [4.69, 9.17) is 5.11 Å². The van der Waals surface area contributed by atoms with Crippen molar-refractivity contribution in [3.8, 4) is 0 Å². The van der Waals surface area contributed by atoms with Crippen molar-refractivity contribution in [2.45, 2.75) is 25.2 Å². The van der Waals surface area contributed by atoms with E-state index in [2.05, 4.69) is 4.72 Å². The van der Waals surface area contributed by atoms with Crippen molar-refractivity contribution in [1.82, 2.24) is 4.72 Å². The molecule has 0 aliphatic carbocycles. The van der Waals surface area contributed by atoms with Crippen LogP contribution < -0.4 is 9.62 Å². The van der Waals surface area contributed by atoms with Gasteiger partial charge in [-0.15, -0.1) is 0 Å². The lowest BCUT2D eigenvalue weighted by molar-refractivity contribution is 0.289. The van der Waals surface area contributed by atoms with Crippen LogP contribution in [-0.4, -0.2) is 39.8 Å². The minimum absolute atomic E-state index is 0.0959. The van der Waals surface area contributed by atoms with Crippen molar-refractivity contribution in [3.63, 3.8) is 0 Å². The molecule has 0 aliphatic heterocycles. The van der Waals surface area contributed by atoms with E-state index in [-0.39, 0.29) is 11.5 Å². The molecule has 2 N–H and O–H groups in total. The molecule has 0 aromatic heterocycles. The van der Waals surface area contributed by atoms with Crippen molar-refractivity contribution >= 4 is 15.7 Å². The fraction of sp³-hybridized carbons (Fsp3) is 0.538. The molecule has 0 aliphatic rings. The fourth-order valence-electron chi connectivity index (χ4n) is 1.92. The molecule has 108 valence electrons. The molecular formula is C13H22N2O3S. The molecule has 0 saturated carbocycles. The Morgan fingerprint density at radius 3 is 2.53 bits per heavy atom. The Morgan fingerprint density at radius 2 is 1.95 bits per heavy atom. The second kappa shape index (κ2) is 7.47. The third-order valence-corrected chi connectivity index (χ3v) is 4.39. The predicted molar refractivity (Wildman–Crippen MR) is 76.9 cm³/mol. The van der Waals surface area contributed by atoms with Gasteiger partial charge in [-0.05, 0) is 25.5 Å². The van der Waals surface area contributed by atoms with Gasteiger partial charge in [0.2, 0.25) is 10.0 Å². The van der Waals surface area contributed by atoms with Gasteiger partial charge < -0.3 is 10.0 Å². The summed E-state index contributed by atoms with van der Waals surface area (Å²) >= 11 is 0. The number of nitrogens with one attached hydrogen (secondary N) is 1. The topological polar surface area (TPSA) is 69.6 Å². The molecule has 1 rings (SSSR count). The van der Waals surface area contributed by atoms with Crippen LogP contribution in [0.4, 0.5) is 5.69 Å². The van der Waals surface area contributed by atoms with E-state index in [0.717, 1.165) is 0 Å². The summed E-state index contributed by atoms with van der Waals surface area (Å²) in [6, 6.07) is 6.94. The number of aliphatic hydroxyl groups excluding tert-OH is 1. The van der Waals surface area contributed by atoms with Crippen LogP contribution in [0.3, 0.4) is 0 Å². The Balaban J connectivity index is 3.13. The zero-order valence-electron chi connectivity index (χ0n) is 11.5. The van der Waals surface area contributed by atoms with Crippen LogP contribution in [-0.2, 0) is 10.0 Å². The SMILES string of the molecule is CCNS(=O)(=O)c1ccccc1N(CC)CCCO. The largest absolute Gasteiger partial charge is 0.396 e. The van der Waals surface area contributed by atoms with Crippen molar-refractivity contribution in [2.24, 2.45) is 0 Å². The number of anilines is 1. The lowest BCUT2D eigenvalue weighted by atomic mass is 10.2. The highest BCUT2D eigenvalue weighted by atomic mass is 32.2. The number of nitrogens with zero attached hydrogens (tertiary/aromatic N) is 1. The van der Waals surface area contributed by atoms with E-state index >= 15 is 0 Å². The molecule has 19 heavy (non-hydrogen) atoms. The summed E-state index contributed by atoms with van der Waals surface area (Å²) in [7, 11) is -3.48. The van der Waals surface area contributed by atoms with E-state index in [1.807, 2.05) is 17.9 Å². The van der Waals surface area contributed by atoms with Crippen molar-refractivity contribution in [3.05, 3.63) is 24.3 Å². The van der Waals surface area contributed by atoms with Gasteiger partial charge in [-0.25, -0.2) is 13.1 Å². The van der Waals surface area contributed by atoms with E-state index in [1.54, 1.807) is 25.1 Å². The number of hydrogen-bond acceptors (Lipinski definition) is 4. The maximum Gasteiger partial charge on any atom is 0.242 e. The monoisotopic (exact) mass is 286 g/mol. The summed E-state index contributed by atoms with van der Waals surface area (Å²) in [5.74, 6) is 0. The van der Waals surface area contributed by atoms with Gasteiger partial charge in [-0.3, -0.25) is 0 Å². The highest BCUT2D eigenvalue weighted by molar-refractivity contribution is 7.89. The highest BCUT2D eigenvalue weighted by Gasteiger charge is 2.19. The number of rotatable bonds is 8. The molecule has 0 heterocycles. The second-order valence-corrected chi connectivity index (χ2v) is 5.86. The first kappa shape index (κ1) is 15.9. The van der Waals surface area contributed by atoms with Crippen LogP contribution in [0.25, 0.3) is 0 Å². The van der Waals surface area contributed by atoms with Gasteiger partial charge in [0.1, 0.15) is 4.90 Å². The Hall–Kier alpha value is -1.11. The molecular weight excluding hydrogens is 264 g/mol. The molecule has 0 fully saturated rings. The minimum Gasteiger partial charge on any atom is -0.396 e. The Labute approximate surface area is 115 Å². The first-order valence-electron chi connectivity index (χ1n) is 6.51. The van der Waals surface area contributed by atoms with E-state index in [9.17, 15) is 8.42 Å². The summed E-state index contributed by atoms with van der Waals surface area (Å²) < 4.78 is 26.8. The molecule has 1 aromatic rings. The molecule has 0 atom stereocenters. The lowest BCUT2D eigenvalue weighted by Gasteiger charge is -2.25. The number of hydrogen-bond donors (Lipinski definition) is 2. The van der Waals surface area contributed by atoms with Gasteiger partial charge in [0, 0.05) is 26.2 Å². The quantitative estimate of drug-likeness (QED) is 0.753. The predicted octanol–water partition coefficient (Wildman–Crippen LogP) is 1.19. The second-order valence-electron chi connectivity index (χ2n) is 4.13. The average Bonchev–Trinajstić information content (AvgIpc) is 2.40. The van der Waals surface area contributed by atoms with Gasteiger partial charge in [-0.1, -0.05) is 19.1 Å². The average molecular weight is 286 g/mol. The zero-order chi connectivity index (χ0) is 14.3. The number of sulfonamides is 1. The van der Waals surface area contributed by atoms with Crippen LogP contribution in [0.5, 0.6) is 0 Å². The maximum absolute atomic E-state index is 12.2. The van der Waals surface area contributed by atoms with Gasteiger partial charge in [0.25, 0.3) is 0 Å². The summed E-state index contributed by atoms with van der Waals surface area (Å²) in [6.07, 6.45) is 0.615. The van der Waals surface area contributed by atoms with Gasteiger partial charge in [-0.2, -0.15) is 0 Å². The molecule has 0 unspecified atom stereocenters. The van der Waals surface area contributed by atoms with Crippen molar-refractivity contribution < 1.29 is 13.5 Å². The first-order chi connectivity index (χ1) is 9.06. The van der Waals surface area contributed by atoms with E-state index in [1.165, 1.54) is 0 Å². The zero-order valence-corrected chi connectivity index (χ0v) is 12.3. The van der Waals surface area contributed by atoms with Crippen LogP contribution in [0.2, 0.25) is 0 Å². The Morgan fingerprint density at radius 1 is 1.26 bits per heavy atom. The number of aliphatic hydroxyl groups is 1. The highest BCUT2D eigenvalue weighted by Crippen LogP contribution is 2.24. The normalized spacial score (nSPS) is 11.5. The van der Waals surface area contributed by atoms with Crippen LogP contribution in [0, 0.1) is 0 Å².